The monoisotopic (exact) mass is 302 g/mol. The standard InChI is InChI=1S/C14H22O5S/c1-18-13-7-6-11(10-14(13)19-2)9-12(15)5-4-8-20(3,16)17/h6-7,10,12,15H,4-5,8-9H2,1-3H3. The van der Waals surface area contributed by atoms with E-state index in [1.54, 1.807) is 20.3 Å². The number of rotatable bonds is 8. The SMILES string of the molecule is COc1ccc(CC(O)CCCS(C)(=O)=O)cc1OC. The molecule has 0 fully saturated rings. The van der Waals surface area contributed by atoms with Gasteiger partial charge in [0.15, 0.2) is 11.5 Å². The van der Waals surface area contributed by atoms with Crippen LogP contribution in [0.15, 0.2) is 18.2 Å². The zero-order valence-corrected chi connectivity index (χ0v) is 12.9. The minimum Gasteiger partial charge on any atom is -0.493 e. The van der Waals surface area contributed by atoms with Gasteiger partial charge in [0.05, 0.1) is 20.3 Å². The molecule has 1 aromatic carbocycles. The molecule has 0 aliphatic rings. The number of aliphatic hydroxyl groups excluding tert-OH is 1. The highest BCUT2D eigenvalue weighted by Gasteiger charge is 2.10. The zero-order chi connectivity index (χ0) is 15.2. The van der Waals surface area contributed by atoms with E-state index in [-0.39, 0.29) is 5.75 Å². The first kappa shape index (κ1) is 16.8. The van der Waals surface area contributed by atoms with Crippen molar-refractivity contribution in [3.8, 4) is 11.5 Å². The van der Waals surface area contributed by atoms with Crippen molar-refractivity contribution in [1.82, 2.24) is 0 Å². The maximum Gasteiger partial charge on any atom is 0.160 e. The Morgan fingerprint density at radius 2 is 1.85 bits per heavy atom. The fourth-order valence-electron chi connectivity index (χ4n) is 1.96. The van der Waals surface area contributed by atoms with E-state index in [9.17, 15) is 13.5 Å². The lowest BCUT2D eigenvalue weighted by Gasteiger charge is -2.13. The van der Waals surface area contributed by atoms with Gasteiger partial charge in [0, 0.05) is 12.0 Å². The molecule has 0 aliphatic heterocycles. The summed E-state index contributed by atoms with van der Waals surface area (Å²) in [5.74, 6) is 1.37. The molecule has 0 heterocycles. The lowest BCUT2D eigenvalue weighted by molar-refractivity contribution is 0.164. The fraction of sp³-hybridized carbons (Fsp3) is 0.571. The topological polar surface area (TPSA) is 72.8 Å². The predicted octanol–water partition coefficient (Wildman–Crippen LogP) is 1.43. The summed E-state index contributed by atoms with van der Waals surface area (Å²) >= 11 is 0. The Labute approximate surface area is 120 Å². The molecule has 114 valence electrons. The fourth-order valence-corrected chi connectivity index (χ4v) is 2.65. The van der Waals surface area contributed by atoms with Crippen LogP contribution in [-0.4, -0.2) is 45.9 Å². The third-order valence-electron chi connectivity index (χ3n) is 2.97. The summed E-state index contributed by atoms with van der Waals surface area (Å²) in [6.45, 7) is 0. The number of methoxy groups -OCH3 is 2. The van der Waals surface area contributed by atoms with E-state index < -0.39 is 15.9 Å². The maximum atomic E-state index is 11.0. The molecule has 1 aromatic rings. The molecule has 1 rings (SSSR count). The average Bonchev–Trinajstić information content (AvgIpc) is 2.37. The van der Waals surface area contributed by atoms with Crippen LogP contribution < -0.4 is 9.47 Å². The first-order valence-corrected chi connectivity index (χ1v) is 8.48. The summed E-state index contributed by atoms with van der Waals surface area (Å²) in [6, 6.07) is 5.47. The van der Waals surface area contributed by atoms with Crippen LogP contribution in [-0.2, 0) is 16.3 Å². The number of aliphatic hydroxyl groups is 1. The first-order chi connectivity index (χ1) is 9.35. The molecule has 0 radical (unpaired) electrons. The largest absolute Gasteiger partial charge is 0.493 e. The summed E-state index contributed by atoms with van der Waals surface area (Å²) in [7, 11) is 0.167. The van der Waals surface area contributed by atoms with E-state index in [0.29, 0.717) is 30.8 Å². The summed E-state index contributed by atoms with van der Waals surface area (Å²) in [5.41, 5.74) is 0.925. The number of ether oxygens (including phenoxy) is 2. The van der Waals surface area contributed by atoms with Gasteiger partial charge in [-0.25, -0.2) is 8.42 Å². The van der Waals surface area contributed by atoms with E-state index in [1.807, 2.05) is 12.1 Å². The van der Waals surface area contributed by atoms with Crippen LogP contribution in [0.1, 0.15) is 18.4 Å². The maximum absolute atomic E-state index is 11.0. The molecule has 5 nitrogen and oxygen atoms in total. The van der Waals surface area contributed by atoms with Crippen LogP contribution in [0.3, 0.4) is 0 Å². The highest BCUT2D eigenvalue weighted by molar-refractivity contribution is 7.90. The molecule has 1 unspecified atom stereocenters. The van der Waals surface area contributed by atoms with Crippen molar-refractivity contribution in [3.63, 3.8) is 0 Å². The molecular formula is C14H22O5S. The molecule has 0 saturated carbocycles. The van der Waals surface area contributed by atoms with Gasteiger partial charge in [0.25, 0.3) is 0 Å². The van der Waals surface area contributed by atoms with Crippen LogP contribution in [0.4, 0.5) is 0 Å². The van der Waals surface area contributed by atoms with Gasteiger partial charge in [-0.3, -0.25) is 0 Å². The minimum atomic E-state index is -2.96. The highest BCUT2D eigenvalue weighted by atomic mass is 32.2. The van der Waals surface area contributed by atoms with Crippen LogP contribution >= 0.6 is 0 Å². The molecule has 1 N–H and O–H groups in total. The van der Waals surface area contributed by atoms with Crippen LogP contribution in [0.25, 0.3) is 0 Å². The lowest BCUT2D eigenvalue weighted by Crippen LogP contribution is -2.13. The third kappa shape index (κ3) is 5.79. The van der Waals surface area contributed by atoms with Gasteiger partial charge in [0.2, 0.25) is 0 Å². The molecule has 6 heteroatoms. The normalized spacial score (nSPS) is 13.0. The van der Waals surface area contributed by atoms with E-state index in [1.165, 1.54) is 6.26 Å². The van der Waals surface area contributed by atoms with Crippen molar-refractivity contribution < 1.29 is 23.0 Å². The van der Waals surface area contributed by atoms with Gasteiger partial charge in [-0.15, -0.1) is 0 Å². The molecule has 0 saturated heterocycles. The second-order valence-electron chi connectivity index (χ2n) is 4.82. The molecule has 20 heavy (non-hydrogen) atoms. The van der Waals surface area contributed by atoms with Crippen molar-refractivity contribution in [1.29, 1.82) is 0 Å². The summed E-state index contributed by atoms with van der Waals surface area (Å²) in [6.07, 6.45) is 2.03. The van der Waals surface area contributed by atoms with Crippen molar-refractivity contribution in [2.45, 2.75) is 25.4 Å². The summed E-state index contributed by atoms with van der Waals surface area (Å²) < 4.78 is 32.4. The molecule has 0 aromatic heterocycles. The van der Waals surface area contributed by atoms with Gasteiger partial charge in [-0.1, -0.05) is 6.07 Å². The third-order valence-corrected chi connectivity index (χ3v) is 4.00. The molecule has 0 bridgehead atoms. The Morgan fingerprint density at radius 3 is 2.40 bits per heavy atom. The Kier molecular flexibility index (Phi) is 6.29. The first-order valence-electron chi connectivity index (χ1n) is 6.42. The van der Waals surface area contributed by atoms with Gasteiger partial charge in [0.1, 0.15) is 9.84 Å². The Balaban J connectivity index is 2.55. The average molecular weight is 302 g/mol. The summed E-state index contributed by atoms with van der Waals surface area (Å²) in [5, 5.41) is 9.92. The highest BCUT2D eigenvalue weighted by Crippen LogP contribution is 2.28. The van der Waals surface area contributed by atoms with Crippen molar-refractivity contribution in [3.05, 3.63) is 23.8 Å². The van der Waals surface area contributed by atoms with Crippen molar-refractivity contribution >= 4 is 9.84 Å². The number of hydrogen-bond acceptors (Lipinski definition) is 5. The number of sulfone groups is 1. The van der Waals surface area contributed by atoms with Crippen LogP contribution in [0.5, 0.6) is 11.5 Å². The van der Waals surface area contributed by atoms with Gasteiger partial charge >= 0.3 is 0 Å². The van der Waals surface area contributed by atoms with Gasteiger partial charge in [-0.05, 0) is 37.0 Å². The van der Waals surface area contributed by atoms with E-state index >= 15 is 0 Å². The van der Waals surface area contributed by atoms with Gasteiger partial charge in [-0.2, -0.15) is 0 Å². The zero-order valence-electron chi connectivity index (χ0n) is 12.1. The smallest absolute Gasteiger partial charge is 0.160 e. The molecule has 1 atom stereocenters. The minimum absolute atomic E-state index is 0.107. The second kappa shape index (κ2) is 7.50. The lowest BCUT2D eigenvalue weighted by atomic mass is 10.0. The van der Waals surface area contributed by atoms with Crippen LogP contribution in [0.2, 0.25) is 0 Å². The Morgan fingerprint density at radius 1 is 1.20 bits per heavy atom. The van der Waals surface area contributed by atoms with E-state index in [2.05, 4.69) is 0 Å². The molecular weight excluding hydrogens is 280 g/mol. The molecule has 0 amide bonds. The second-order valence-corrected chi connectivity index (χ2v) is 7.08. The summed E-state index contributed by atoms with van der Waals surface area (Å²) in [4.78, 5) is 0. The van der Waals surface area contributed by atoms with E-state index in [0.717, 1.165) is 5.56 Å². The van der Waals surface area contributed by atoms with Crippen molar-refractivity contribution in [2.75, 3.05) is 26.2 Å². The quantitative estimate of drug-likeness (QED) is 0.786. The Bertz CT molecular complexity index is 524. The van der Waals surface area contributed by atoms with Gasteiger partial charge < -0.3 is 14.6 Å². The van der Waals surface area contributed by atoms with E-state index in [4.69, 9.17) is 9.47 Å². The van der Waals surface area contributed by atoms with Crippen LogP contribution in [0, 0.1) is 0 Å². The molecule has 0 spiro atoms. The predicted molar refractivity (Wildman–Crippen MR) is 78.2 cm³/mol. The number of benzene rings is 1. The van der Waals surface area contributed by atoms with Crippen molar-refractivity contribution in [2.24, 2.45) is 0 Å². The Hall–Kier alpha value is -1.27. The number of hydrogen-bond donors (Lipinski definition) is 1. The molecule has 0 aliphatic carbocycles.